The van der Waals surface area contributed by atoms with E-state index in [-0.39, 0.29) is 12.4 Å². The Kier molecular flexibility index (Phi) is 4.31. The quantitative estimate of drug-likeness (QED) is 0.584. The van der Waals surface area contributed by atoms with Crippen molar-refractivity contribution in [3.05, 3.63) is 33.1 Å². The van der Waals surface area contributed by atoms with E-state index in [0.717, 1.165) is 0 Å². The maximum Gasteiger partial charge on any atom is 0.316 e. The van der Waals surface area contributed by atoms with Gasteiger partial charge in [0.25, 0.3) is 0 Å². The van der Waals surface area contributed by atoms with Crippen LogP contribution in [0.3, 0.4) is 0 Å². The lowest BCUT2D eigenvalue weighted by Gasteiger charge is -1.99. The van der Waals surface area contributed by atoms with Gasteiger partial charge in [0, 0.05) is 25.5 Å². The Morgan fingerprint density at radius 3 is 2.75 bits per heavy atom. The van der Waals surface area contributed by atoms with Crippen LogP contribution < -0.4 is 16.9 Å². The molecule has 5 nitrogen and oxygen atoms in total. The van der Waals surface area contributed by atoms with Gasteiger partial charge in [0.15, 0.2) is 0 Å². The number of hydrogen-bond donors (Lipinski definition) is 2. The summed E-state index contributed by atoms with van der Waals surface area (Å²) in [5.74, 6) is 0. The van der Waals surface area contributed by atoms with Gasteiger partial charge in [-0.05, 0) is 0 Å². The molecule has 1 aromatic rings. The van der Waals surface area contributed by atoms with E-state index >= 15 is 0 Å². The second-order valence-electron chi connectivity index (χ2n) is 2.08. The van der Waals surface area contributed by atoms with Crippen LogP contribution in [0.5, 0.6) is 0 Å². The predicted molar refractivity (Wildman–Crippen MR) is 47.6 cm³/mol. The van der Waals surface area contributed by atoms with Crippen molar-refractivity contribution in [1.82, 2.24) is 9.55 Å². The molecule has 1 aromatic heterocycles. The highest BCUT2D eigenvalue weighted by Gasteiger charge is 1.95. The summed E-state index contributed by atoms with van der Waals surface area (Å²) in [6, 6.07) is 0. The summed E-state index contributed by atoms with van der Waals surface area (Å²) >= 11 is 0. The van der Waals surface area contributed by atoms with Gasteiger partial charge in [-0.25, -0.2) is 0 Å². The van der Waals surface area contributed by atoms with Crippen molar-refractivity contribution < 1.29 is 0 Å². The van der Waals surface area contributed by atoms with E-state index in [0.29, 0.717) is 13.1 Å². The summed E-state index contributed by atoms with van der Waals surface area (Å²) in [5, 5.41) is 0. The van der Waals surface area contributed by atoms with Crippen LogP contribution in [-0.4, -0.2) is 16.1 Å². The number of H-pyrrole nitrogens is 1. The third-order valence-electron chi connectivity index (χ3n) is 1.29. The molecule has 0 amide bonds. The van der Waals surface area contributed by atoms with Gasteiger partial charge in [0.1, 0.15) is 0 Å². The number of hydrogen-bond acceptors (Lipinski definition) is 3. The molecule has 0 saturated heterocycles. The zero-order valence-electron chi connectivity index (χ0n) is 6.32. The third kappa shape index (κ3) is 2.21. The van der Waals surface area contributed by atoms with E-state index < -0.39 is 11.1 Å². The second-order valence-corrected chi connectivity index (χ2v) is 2.08. The molecule has 0 radical (unpaired) electrons. The van der Waals surface area contributed by atoms with Crippen molar-refractivity contribution in [3.63, 3.8) is 0 Å². The summed E-state index contributed by atoms with van der Waals surface area (Å²) in [6.07, 6.45) is 2.91. The van der Waals surface area contributed by atoms with Crippen LogP contribution >= 0.6 is 12.4 Å². The maximum atomic E-state index is 10.9. The SMILES string of the molecule is Cl.NCCn1cc[nH]c(=O)c1=O. The molecule has 0 aliphatic rings. The van der Waals surface area contributed by atoms with E-state index in [4.69, 9.17) is 5.73 Å². The van der Waals surface area contributed by atoms with Gasteiger partial charge in [-0.3, -0.25) is 9.59 Å². The van der Waals surface area contributed by atoms with E-state index in [1.54, 1.807) is 0 Å². The van der Waals surface area contributed by atoms with Crippen LogP contribution in [0.25, 0.3) is 0 Å². The molecule has 0 aliphatic carbocycles. The standard InChI is InChI=1S/C6H9N3O2.ClH/c7-1-3-9-4-2-8-5(10)6(9)11;/h2,4H,1,3,7H2,(H,8,10);1H. The van der Waals surface area contributed by atoms with Crippen LogP contribution in [0, 0.1) is 0 Å². The number of aromatic nitrogens is 2. The number of nitrogens with two attached hydrogens (primary N) is 1. The first kappa shape index (κ1) is 10.9. The average Bonchev–Trinajstić information content (AvgIpc) is 1.99. The maximum absolute atomic E-state index is 10.9. The number of rotatable bonds is 2. The summed E-state index contributed by atoms with van der Waals surface area (Å²) in [4.78, 5) is 23.9. The minimum atomic E-state index is -0.610. The molecule has 12 heavy (non-hydrogen) atoms. The van der Waals surface area contributed by atoms with Gasteiger partial charge in [0.2, 0.25) is 0 Å². The molecular formula is C6H10ClN3O2. The molecule has 0 spiro atoms. The normalized spacial score (nSPS) is 9.08. The Hall–Kier alpha value is -1.07. The van der Waals surface area contributed by atoms with Gasteiger partial charge in [-0.1, -0.05) is 0 Å². The average molecular weight is 192 g/mol. The predicted octanol–water partition coefficient (Wildman–Crippen LogP) is -1.08. The number of aromatic amines is 1. The zero-order valence-corrected chi connectivity index (χ0v) is 7.13. The first-order chi connectivity index (χ1) is 5.25. The Bertz CT molecular complexity index is 343. The zero-order chi connectivity index (χ0) is 8.27. The molecule has 0 aromatic carbocycles. The highest BCUT2D eigenvalue weighted by atomic mass is 35.5. The minimum Gasteiger partial charge on any atom is -0.329 e. The largest absolute Gasteiger partial charge is 0.329 e. The molecule has 0 bridgehead atoms. The van der Waals surface area contributed by atoms with E-state index in [1.165, 1.54) is 17.0 Å². The van der Waals surface area contributed by atoms with E-state index in [2.05, 4.69) is 4.98 Å². The third-order valence-corrected chi connectivity index (χ3v) is 1.29. The summed E-state index contributed by atoms with van der Waals surface area (Å²) in [5.41, 5.74) is 4.04. The van der Waals surface area contributed by atoms with Crippen molar-refractivity contribution in [3.8, 4) is 0 Å². The Morgan fingerprint density at radius 1 is 1.50 bits per heavy atom. The molecule has 0 unspecified atom stereocenters. The number of nitrogens with one attached hydrogen (secondary N) is 1. The van der Waals surface area contributed by atoms with Gasteiger partial charge in [0.05, 0.1) is 0 Å². The molecule has 0 aliphatic heterocycles. The molecule has 1 heterocycles. The Labute approximate surface area is 74.6 Å². The first-order valence-corrected chi connectivity index (χ1v) is 3.24. The highest BCUT2D eigenvalue weighted by Crippen LogP contribution is 1.71. The molecule has 0 saturated carbocycles. The van der Waals surface area contributed by atoms with Gasteiger partial charge < -0.3 is 15.3 Å². The Morgan fingerprint density at radius 2 is 2.17 bits per heavy atom. The topological polar surface area (TPSA) is 80.9 Å². The lowest BCUT2D eigenvalue weighted by atomic mass is 10.6. The van der Waals surface area contributed by atoms with E-state index in [1.807, 2.05) is 0 Å². The van der Waals surface area contributed by atoms with Crippen LogP contribution in [-0.2, 0) is 6.54 Å². The van der Waals surface area contributed by atoms with Gasteiger partial charge in [-0.2, -0.15) is 0 Å². The van der Waals surface area contributed by atoms with Crippen molar-refractivity contribution in [1.29, 1.82) is 0 Å². The first-order valence-electron chi connectivity index (χ1n) is 3.24. The van der Waals surface area contributed by atoms with Crippen LogP contribution in [0.1, 0.15) is 0 Å². The smallest absolute Gasteiger partial charge is 0.316 e. The monoisotopic (exact) mass is 191 g/mol. The van der Waals surface area contributed by atoms with Gasteiger partial charge in [-0.15, -0.1) is 12.4 Å². The molecule has 0 atom stereocenters. The second kappa shape index (κ2) is 4.74. The van der Waals surface area contributed by atoms with E-state index in [9.17, 15) is 9.59 Å². The fourth-order valence-electron chi connectivity index (χ4n) is 0.778. The van der Waals surface area contributed by atoms with Crippen molar-refractivity contribution in [2.75, 3.05) is 6.54 Å². The van der Waals surface area contributed by atoms with Crippen molar-refractivity contribution >= 4 is 12.4 Å². The lowest BCUT2D eigenvalue weighted by molar-refractivity contribution is 0.667. The number of halogens is 1. The minimum absolute atomic E-state index is 0. The molecule has 0 fully saturated rings. The highest BCUT2D eigenvalue weighted by molar-refractivity contribution is 5.85. The summed E-state index contributed by atoms with van der Waals surface area (Å²) in [6.45, 7) is 0.728. The molecular weight excluding hydrogens is 182 g/mol. The number of nitrogens with zero attached hydrogens (tertiary/aromatic N) is 1. The van der Waals surface area contributed by atoms with Crippen LogP contribution in [0.4, 0.5) is 0 Å². The molecule has 6 heteroatoms. The lowest BCUT2D eigenvalue weighted by Crippen LogP contribution is -2.36. The molecule has 68 valence electrons. The van der Waals surface area contributed by atoms with Gasteiger partial charge >= 0.3 is 11.1 Å². The van der Waals surface area contributed by atoms with Crippen molar-refractivity contribution in [2.24, 2.45) is 5.73 Å². The molecule has 1 rings (SSSR count). The van der Waals surface area contributed by atoms with Crippen LogP contribution in [0.15, 0.2) is 22.0 Å². The van der Waals surface area contributed by atoms with Crippen LogP contribution in [0.2, 0.25) is 0 Å². The molecule has 3 N–H and O–H groups in total. The summed E-state index contributed by atoms with van der Waals surface area (Å²) < 4.78 is 1.28. The fraction of sp³-hybridized carbons (Fsp3) is 0.333. The summed E-state index contributed by atoms with van der Waals surface area (Å²) in [7, 11) is 0. The Balaban J connectivity index is 0.00000121. The fourth-order valence-corrected chi connectivity index (χ4v) is 0.778. The van der Waals surface area contributed by atoms with Crippen molar-refractivity contribution in [2.45, 2.75) is 6.54 Å².